The summed E-state index contributed by atoms with van der Waals surface area (Å²) in [6, 6.07) is 48.1. The Bertz CT molecular complexity index is 2600. The molecule has 4 nitrogen and oxygen atoms in total. The van der Waals surface area contributed by atoms with Crippen molar-refractivity contribution >= 4 is 60.0 Å². The van der Waals surface area contributed by atoms with E-state index in [2.05, 4.69) is 100 Å². The number of rotatable bonds is 2. The van der Waals surface area contributed by atoms with E-state index in [1.807, 2.05) is 60.8 Å². The number of aromatic nitrogens is 3. The molecule has 221 valence electrons. The van der Waals surface area contributed by atoms with Crippen molar-refractivity contribution in [3.63, 3.8) is 0 Å². The third-order valence-corrected chi connectivity index (χ3v) is 8.59. The minimum Gasteiger partial charge on any atom is -0.456 e. The van der Waals surface area contributed by atoms with Gasteiger partial charge in [-0.3, -0.25) is 0 Å². The molecule has 0 aliphatic rings. The molecule has 10 aromatic rings. The van der Waals surface area contributed by atoms with Gasteiger partial charge in [-0.15, -0.1) is 59.7 Å². The zero-order valence-corrected chi connectivity index (χ0v) is 27.2. The summed E-state index contributed by atoms with van der Waals surface area (Å²) in [7, 11) is 0. The zero-order chi connectivity index (χ0) is 29.9. The van der Waals surface area contributed by atoms with Crippen molar-refractivity contribution in [2.24, 2.45) is 0 Å². The molecule has 0 aliphatic carbocycles. The first-order chi connectivity index (χ1) is 22.2. The largest absolute Gasteiger partial charge is 0.456 e. The fraction of sp³-hybridized carbons (Fsp3) is 0.0244. The van der Waals surface area contributed by atoms with Crippen molar-refractivity contribution < 1.29 is 24.5 Å². The number of pyridine rings is 2. The summed E-state index contributed by atoms with van der Waals surface area (Å²) in [6.07, 6.45) is 3.70. The van der Waals surface area contributed by atoms with Gasteiger partial charge in [0.15, 0.2) is 0 Å². The van der Waals surface area contributed by atoms with E-state index >= 15 is 0 Å². The number of aryl methyl sites for hydroxylation is 1. The molecule has 46 heavy (non-hydrogen) atoms. The van der Waals surface area contributed by atoms with Gasteiger partial charge < -0.3 is 18.8 Å². The fourth-order valence-electron chi connectivity index (χ4n) is 6.55. The maximum atomic E-state index is 6.22. The molecule has 5 heteroatoms. The van der Waals surface area contributed by atoms with E-state index in [0.29, 0.717) is 0 Å². The van der Waals surface area contributed by atoms with Gasteiger partial charge >= 0.3 is 0 Å². The number of para-hydroxylation sites is 2. The summed E-state index contributed by atoms with van der Waals surface area (Å²) in [5, 5.41) is 7.31. The Morgan fingerprint density at radius 1 is 0.609 bits per heavy atom. The van der Waals surface area contributed by atoms with Crippen molar-refractivity contribution in [3.05, 3.63) is 151 Å². The van der Waals surface area contributed by atoms with E-state index in [1.165, 1.54) is 38.0 Å². The molecule has 0 amide bonds. The molecule has 0 spiro atoms. The van der Waals surface area contributed by atoms with Crippen LogP contribution in [0.3, 0.4) is 0 Å². The molecular formula is C41H25IrN3O-2. The van der Waals surface area contributed by atoms with Gasteiger partial charge in [0.05, 0.1) is 16.4 Å². The number of benzene rings is 5. The SMILES string of the molecule is Cc1ccc(-c2[c-]cc3c(c2)c2cccc4c5ccc6oc7ccccc7c6c5n3c24)nc1.[Ir].[c-]1ccccc1-c1ccccn1. The predicted octanol–water partition coefficient (Wildman–Crippen LogP) is 10.5. The number of furan rings is 1. The predicted molar refractivity (Wildman–Crippen MR) is 184 cm³/mol. The topological polar surface area (TPSA) is 43.3 Å². The van der Waals surface area contributed by atoms with Crippen LogP contribution >= 0.6 is 0 Å². The van der Waals surface area contributed by atoms with Crippen molar-refractivity contribution in [2.75, 3.05) is 0 Å². The number of hydrogen-bond donors (Lipinski definition) is 0. The first-order valence-electron chi connectivity index (χ1n) is 15.0. The summed E-state index contributed by atoms with van der Waals surface area (Å²) in [5.74, 6) is 0. The number of nitrogens with zero attached hydrogens (tertiary/aromatic N) is 3. The van der Waals surface area contributed by atoms with Gasteiger partial charge in [-0.05, 0) is 59.0 Å². The summed E-state index contributed by atoms with van der Waals surface area (Å²) >= 11 is 0. The second-order valence-electron chi connectivity index (χ2n) is 11.3. The van der Waals surface area contributed by atoms with Gasteiger partial charge in [0, 0.05) is 48.7 Å². The standard InChI is InChI=1S/C30H17N2O.C11H8N.Ir/c1-17-9-12-24(31-16-17)18-10-13-25-23(15-18)20-7-4-6-19-21-11-14-27-28(30(21)32(25)29(19)20)22-5-2-3-8-26(22)33-27;1-2-6-10(7-3-1)11-8-4-5-9-12-11;/h2-9,11-16H,1H3;1-6,8-9H;/q2*-1;. The van der Waals surface area contributed by atoms with Crippen molar-refractivity contribution in [2.45, 2.75) is 6.92 Å². The van der Waals surface area contributed by atoms with E-state index in [4.69, 9.17) is 4.42 Å². The van der Waals surface area contributed by atoms with Crippen LogP contribution in [0.5, 0.6) is 0 Å². The second kappa shape index (κ2) is 11.2. The molecule has 0 saturated carbocycles. The molecule has 0 unspecified atom stereocenters. The van der Waals surface area contributed by atoms with Crippen LogP contribution in [0, 0.1) is 19.1 Å². The summed E-state index contributed by atoms with van der Waals surface area (Å²) in [5.41, 5.74) is 10.6. The Hall–Kier alpha value is -5.35. The summed E-state index contributed by atoms with van der Waals surface area (Å²) in [6.45, 7) is 2.06. The Morgan fingerprint density at radius 2 is 1.39 bits per heavy atom. The number of fused-ring (bicyclic) bond motifs is 10. The first kappa shape index (κ1) is 28.1. The third-order valence-electron chi connectivity index (χ3n) is 8.59. The van der Waals surface area contributed by atoms with E-state index in [-0.39, 0.29) is 20.1 Å². The number of hydrogen-bond acceptors (Lipinski definition) is 3. The molecule has 5 aromatic heterocycles. The molecule has 5 heterocycles. The van der Waals surface area contributed by atoms with E-state index in [1.54, 1.807) is 6.20 Å². The van der Waals surface area contributed by atoms with Gasteiger partial charge in [0.2, 0.25) is 0 Å². The van der Waals surface area contributed by atoms with Crippen molar-refractivity contribution in [1.82, 2.24) is 14.4 Å². The Labute approximate surface area is 278 Å². The fourth-order valence-corrected chi connectivity index (χ4v) is 6.55. The molecule has 0 aliphatic heterocycles. The van der Waals surface area contributed by atoms with Gasteiger partial charge in [-0.2, -0.15) is 0 Å². The second-order valence-corrected chi connectivity index (χ2v) is 11.3. The van der Waals surface area contributed by atoms with Crippen molar-refractivity contribution in [1.29, 1.82) is 0 Å². The maximum absolute atomic E-state index is 6.22. The monoisotopic (exact) mass is 768 g/mol. The minimum atomic E-state index is 0. The van der Waals surface area contributed by atoms with Gasteiger partial charge in [0.25, 0.3) is 0 Å². The van der Waals surface area contributed by atoms with E-state index < -0.39 is 0 Å². The molecule has 0 saturated heterocycles. The Balaban J connectivity index is 0.000000204. The molecule has 0 fully saturated rings. The quantitative estimate of drug-likeness (QED) is 0.165. The molecule has 0 bridgehead atoms. The van der Waals surface area contributed by atoms with Gasteiger partial charge in [-0.25, -0.2) is 0 Å². The van der Waals surface area contributed by atoms with Crippen molar-refractivity contribution in [3.8, 4) is 22.5 Å². The average Bonchev–Trinajstić information content (AvgIpc) is 3.76. The third kappa shape index (κ3) is 4.39. The molecule has 0 N–H and O–H groups in total. The summed E-state index contributed by atoms with van der Waals surface area (Å²) in [4.78, 5) is 8.85. The first-order valence-corrected chi connectivity index (χ1v) is 15.0. The van der Waals surface area contributed by atoms with E-state index in [0.717, 1.165) is 50.1 Å². The minimum absolute atomic E-state index is 0. The normalized spacial score (nSPS) is 11.4. The zero-order valence-electron chi connectivity index (χ0n) is 24.8. The van der Waals surface area contributed by atoms with E-state index in [9.17, 15) is 0 Å². The Morgan fingerprint density at radius 3 is 2.20 bits per heavy atom. The Kier molecular flexibility index (Phi) is 6.87. The maximum Gasteiger partial charge on any atom is 0.137 e. The molecule has 5 aromatic carbocycles. The van der Waals surface area contributed by atoms with Crippen LogP contribution in [0.15, 0.2) is 138 Å². The van der Waals surface area contributed by atoms with Crippen LogP contribution in [0.4, 0.5) is 0 Å². The van der Waals surface area contributed by atoms with Crippen LogP contribution < -0.4 is 0 Å². The van der Waals surface area contributed by atoms with Gasteiger partial charge in [0.1, 0.15) is 11.2 Å². The average molecular weight is 768 g/mol. The molecule has 1 radical (unpaired) electrons. The van der Waals surface area contributed by atoms with Crippen LogP contribution in [0.2, 0.25) is 0 Å². The van der Waals surface area contributed by atoms with Crippen LogP contribution in [0.25, 0.3) is 82.5 Å². The molecular weight excluding hydrogens is 743 g/mol. The summed E-state index contributed by atoms with van der Waals surface area (Å²) < 4.78 is 8.62. The molecule has 0 atom stereocenters. The smallest absolute Gasteiger partial charge is 0.137 e. The molecule has 10 rings (SSSR count). The van der Waals surface area contributed by atoms with Gasteiger partial charge in [-0.1, -0.05) is 66.0 Å². The van der Waals surface area contributed by atoms with Crippen LogP contribution in [-0.4, -0.2) is 14.4 Å². The van der Waals surface area contributed by atoms with Crippen LogP contribution in [-0.2, 0) is 20.1 Å². The van der Waals surface area contributed by atoms with Crippen LogP contribution in [0.1, 0.15) is 5.56 Å².